The molecule has 10 nitrogen and oxygen atoms in total. The van der Waals surface area contributed by atoms with Crippen LogP contribution in [0.25, 0.3) is 0 Å². The first-order valence-corrected chi connectivity index (χ1v) is 18.4. The van der Waals surface area contributed by atoms with Crippen molar-refractivity contribution in [2.24, 2.45) is 0 Å². The summed E-state index contributed by atoms with van der Waals surface area (Å²) in [7, 11) is 0. The van der Waals surface area contributed by atoms with E-state index < -0.39 is 23.4 Å². The highest BCUT2D eigenvalue weighted by Crippen LogP contribution is 2.33. The van der Waals surface area contributed by atoms with Gasteiger partial charge in [-0.3, -0.25) is 0 Å². The molecule has 0 spiro atoms. The molecule has 17 heteroatoms. The number of pyridine rings is 2. The van der Waals surface area contributed by atoms with Crippen molar-refractivity contribution in [3.63, 3.8) is 0 Å². The molecule has 2 amide bonds. The minimum atomic E-state index is -0.511. The van der Waals surface area contributed by atoms with E-state index in [4.69, 9.17) is 101 Å². The van der Waals surface area contributed by atoms with Gasteiger partial charge in [0.2, 0.25) is 5.88 Å². The average Bonchev–Trinajstić information content (AvgIpc) is 3.03. The zero-order chi connectivity index (χ0) is 39.9. The van der Waals surface area contributed by atoms with Gasteiger partial charge in [-0.1, -0.05) is 105 Å². The van der Waals surface area contributed by atoms with Crippen LogP contribution in [0.1, 0.15) is 52.7 Å². The molecule has 0 atom stereocenters. The van der Waals surface area contributed by atoms with Gasteiger partial charge in [0.15, 0.2) is 5.15 Å². The Labute approximate surface area is 344 Å². The van der Waals surface area contributed by atoms with Gasteiger partial charge in [0.25, 0.3) is 0 Å². The minimum Gasteiger partial charge on any atom is -0.508 e. The molecular weight excluding hydrogens is 833 g/mol. The summed E-state index contributed by atoms with van der Waals surface area (Å²) in [6, 6.07) is 17.2. The highest BCUT2D eigenvalue weighted by molar-refractivity contribution is 6.45. The average molecular weight is 872 g/mol. The number of hydrogen-bond acceptors (Lipinski definition) is 8. The number of carbonyl (C=O) groups excluding carboxylic acids is 2. The summed E-state index contributed by atoms with van der Waals surface area (Å²) in [6.07, 6.45) is 0.527. The first kappa shape index (κ1) is 46.1. The van der Waals surface area contributed by atoms with Crippen LogP contribution in [-0.4, -0.2) is 51.6 Å². The second-order valence-electron chi connectivity index (χ2n) is 12.9. The number of carbonyl (C=O) groups is 2. The molecule has 0 aliphatic carbocycles. The van der Waals surface area contributed by atoms with Crippen LogP contribution in [0, 0.1) is 0 Å². The molecule has 3 N–H and O–H groups in total. The van der Waals surface area contributed by atoms with Crippen molar-refractivity contribution in [2.45, 2.75) is 65.6 Å². The summed E-state index contributed by atoms with van der Waals surface area (Å²) in [4.78, 5) is 30.6. The molecule has 0 radical (unpaired) electrons. The second-order valence-corrected chi connectivity index (χ2v) is 15.6. The van der Waals surface area contributed by atoms with Gasteiger partial charge < -0.3 is 30.0 Å². The summed E-state index contributed by atoms with van der Waals surface area (Å²) in [6.45, 7) is 11.9. The van der Waals surface area contributed by atoms with Crippen molar-refractivity contribution >= 4 is 93.4 Å². The van der Waals surface area contributed by atoms with Crippen LogP contribution in [0.4, 0.5) is 9.59 Å². The largest absolute Gasteiger partial charge is 0.508 e. The molecule has 2 heterocycles. The number of aromatic nitrogens is 2. The van der Waals surface area contributed by atoms with Gasteiger partial charge >= 0.3 is 12.2 Å². The number of hydrogen-bond donors (Lipinski definition) is 3. The SMILES string of the molecule is CC(C)(C)OC(=O)NCCc1ccc(O)cc1.CC(C)(C)OC(=O)NCCc1ccc(Oc2nc(Cl)c(Cl)cc2Cl)cc1.Clc1cc(Cl)c(Cl)nc1Cl. The molecule has 0 saturated heterocycles. The van der Waals surface area contributed by atoms with E-state index in [1.54, 1.807) is 24.3 Å². The molecule has 53 heavy (non-hydrogen) atoms. The van der Waals surface area contributed by atoms with Crippen LogP contribution in [0.5, 0.6) is 17.4 Å². The van der Waals surface area contributed by atoms with Crippen LogP contribution >= 0.6 is 81.2 Å². The molecule has 0 aliphatic rings. The zero-order valence-corrected chi connectivity index (χ0v) is 34.9. The van der Waals surface area contributed by atoms with Gasteiger partial charge in [0.05, 0.1) is 15.1 Å². The topological polar surface area (TPSA) is 132 Å². The number of nitrogens with zero attached hydrogens (tertiary/aromatic N) is 2. The summed E-state index contributed by atoms with van der Waals surface area (Å²) in [5, 5.41) is 16.1. The fourth-order valence-electron chi connectivity index (χ4n) is 3.67. The third-order valence-corrected chi connectivity index (χ3v) is 8.23. The van der Waals surface area contributed by atoms with Crippen LogP contribution in [0.3, 0.4) is 0 Å². The van der Waals surface area contributed by atoms with Gasteiger partial charge in [-0.25, -0.2) is 14.6 Å². The van der Waals surface area contributed by atoms with Crippen LogP contribution in [-0.2, 0) is 22.3 Å². The van der Waals surface area contributed by atoms with Gasteiger partial charge in [-0.05, 0) is 102 Å². The quantitative estimate of drug-likeness (QED) is 0.149. The summed E-state index contributed by atoms with van der Waals surface area (Å²) >= 11 is 39.9. The van der Waals surface area contributed by atoms with Gasteiger partial charge in [0.1, 0.15) is 38.0 Å². The smallest absolute Gasteiger partial charge is 0.407 e. The maximum Gasteiger partial charge on any atom is 0.407 e. The number of nitrogens with one attached hydrogen (secondary N) is 2. The number of ether oxygens (including phenoxy) is 3. The fraction of sp³-hybridized carbons (Fsp3) is 0.333. The lowest BCUT2D eigenvalue weighted by atomic mass is 10.1. The Balaban J connectivity index is 0.000000307. The normalized spacial score (nSPS) is 10.9. The lowest BCUT2D eigenvalue weighted by Gasteiger charge is -2.19. The number of alkyl carbamates (subject to hydrolysis) is 2. The Hall–Kier alpha value is -3.09. The van der Waals surface area contributed by atoms with Crippen LogP contribution in [0.2, 0.25) is 35.5 Å². The molecule has 2 aromatic carbocycles. The first-order valence-electron chi connectivity index (χ1n) is 15.8. The molecule has 0 aliphatic heterocycles. The summed E-state index contributed by atoms with van der Waals surface area (Å²) in [5.41, 5.74) is 1.10. The molecule has 4 rings (SSSR count). The zero-order valence-electron chi connectivity index (χ0n) is 29.6. The molecule has 0 unspecified atom stereocenters. The fourth-order valence-corrected chi connectivity index (χ4v) is 4.88. The maximum absolute atomic E-state index is 11.6. The van der Waals surface area contributed by atoms with Crippen molar-refractivity contribution < 1.29 is 28.9 Å². The summed E-state index contributed by atoms with van der Waals surface area (Å²) in [5.74, 6) is 0.982. The molecule has 0 bridgehead atoms. The monoisotopic (exact) mass is 868 g/mol. The lowest BCUT2D eigenvalue weighted by molar-refractivity contribution is 0.0517. The van der Waals surface area contributed by atoms with E-state index in [0.717, 1.165) is 11.1 Å². The third-order valence-electron chi connectivity index (χ3n) is 5.94. The van der Waals surface area contributed by atoms with Gasteiger partial charge in [-0.15, -0.1) is 0 Å². The Morgan fingerprint density at radius 3 is 1.38 bits per heavy atom. The molecule has 0 saturated carbocycles. The predicted octanol–water partition coefficient (Wildman–Crippen LogP) is 12.1. The maximum atomic E-state index is 11.6. The second kappa shape index (κ2) is 21.7. The van der Waals surface area contributed by atoms with E-state index in [2.05, 4.69) is 20.6 Å². The standard InChI is InChI=1S/C18H19Cl3N2O3.C13H19NO3.C5HCl4N/c1-18(2,3)26-17(24)22-9-8-11-4-6-12(7-5-11)25-16-14(20)10-13(19)15(21)23-16;1-13(2,3)17-12(16)14-9-8-10-4-6-11(15)7-5-10;6-2-1-3(7)5(9)10-4(2)8/h4-7,10H,8-9H2,1-3H3,(H,22,24);4-7,15H,8-9H2,1-3H3,(H,14,16);1H. The Morgan fingerprint density at radius 1 is 0.604 bits per heavy atom. The van der Waals surface area contributed by atoms with Gasteiger partial charge in [0, 0.05) is 13.1 Å². The van der Waals surface area contributed by atoms with E-state index in [0.29, 0.717) is 41.7 Å². The van der Waals surface area contributed by atoms with E-state index in [1.165, 1.54) is 12.1 Å². The van der Waals surface area contributed by atoms with Crippen LogP contribution < -0.4 is 15.4 Å². The Morgan fingerprint density at radius 2 is 0.981 bits per heavy atom. The number of rotatable bonds is 8. The van der Waals surface area contributed by atoms with Crippen molar-refractivity contribution in [3.05, 3.63) is 107 Å². The predicted molar refractivity (Wildman–Crippen MR) is 214 cm³/mol. The number of benzene rings is 2. The molecule has 288 valence electrons. The number of halogens is 7. The van der Waals surface area contributed by atoms with E-state index >= 15 is 0 Å². The van der Waals surface area contributed by atoms with Crippen molar-refractivity contribution in [3.8, 4) is 17.4 Å². The minimum absolute atomic E-state index is 0.121. The molecule has 2 aromatic heterocycles. The number of amides is 2. The van der Waals surface area contributed by atoms with Crippen molar-refractivity contribution in [1.29, 1.82) is 0 Å². The van der Waals surface area contributed by atoms with E-state index in [9.17, 15) is 9.59 Å². The number of phenols is 1. The summed E-state index contributed by atoms with van der Waals surface area (Å²) < 4.78 is 15.9. The van der Waals surface area contributed by atoms with Crippen LogP contribution in [0.15, 0.2) is 60.7 Å². The Kier molecular flexibility index (Phi) is 18.9. The van der Waals surface area contributed by atoms with E-state index in [1.807, 2.05) is 65.8 Å². The third kappa shape index (κ3) is 19.2. The van der Waals surface area contributed by atoms with E-state index in [-0.39, 0.29) is 37.1 Å². The Bertz CT molecular complexity index is 1750. The number of phenolic OH excluding ortho intramolecular Hbond substituents is 1. The lowest BCUT2D eigenvalue weighted by Crippen LogP contribution is -2.33. The molecule has 0 fully saturated rings. The molecule has 4 aromatic rings. The first-order chi connectivity index (χ1) is 24.6. The van der Waals surface area contributed by atoms with Crippen molar-refractivity contribution in [2.75, 3.05) is 13.1 Å². The molecular formula is C36H39Cl7N4O6. The number of aromatic hydroxyl groups is 1. The van der Waals surface area contributed by atoms with Gasteiger partial charge in [-0.2, -0.15) is 4.98 Å². The van der Waals surface area contributed by atoms with Crippen molar-refractivity contribution in [1.82, 2.24) is 20.6 Å². The highest BCUT2D eigenvalue weighted by Gasteiger charge is 2.16. The highest BCUT2D eigenvalue weighted by atomic mass is 35.5.